The molecule has 0 amide bonds. The Balaban J connectivity index is 1.53. The molecular weight excluding hydrogens is 357 g/mol. The second-order valence-corrected chi connectivity index (χ2v) is 6.68. The Kier molecular flexibility index (Phi) is 8.87. The third kappa shape index (κ3) is 9.10. The first-order chi connectivity index (χ1) is 13.0. The first-order valence-electron chi connectivity index (χ1n) is 9.34. The van der Waals surface area contributed by atoms with Crippen LogP contribution in [0.1, 0.15) is 18.4 Å². The topological polar surface area (TPSA) is 48.9 Å². The Morgan fingerprint density at radius 1 is 1.26 bits per heavy atom. The van der Waals surface area contributed by atoms with Gasteiger partial charge >= 0.3 is 6.18 Å². The molecule has 1 aromatic rings. The van der Waals surface area contributed by atoms with E-state index in [1.807, 2.05) is 18.2 Å². The normalized spacial score (nSPS) is 18.7. The van der Waals surface area contributed by atoms with Crippen LogP contribution in [0.25, 0.3) is 0 Å². The van der Waals surface area contributed by atoms with Gasteiger partial charge in [-0.15, -0.1) is 0 Å². The molecule has 1 unspecified atom stereocenters. The number of nitrogens with one attached hydrogen (secondary N) is 2. The number of nitrogens with zero attached hydrogens (tertiary/aromatic N) is 2. The van der Waals surface area contributed by atoms with Crippen molar-refractivity contribution in [3.8, 4) is 0 Å². The van der Waals surface area contributed by atoms with Crippen LogP contribution in [-0.2, 0) is 11.2 Å². The zero-order valence-electron chi connectivity index (χ0n) is 15.8. The van der Waals surface area contributed by atoms with Crippen molar-refractivity contribution in [3.63, 3.8) is 0 Å². The van der Waals surface area contributed by atoms with Crippen molar-refractivity contribution in [3.05, 3.63) is 35.9 Å². The molecule has 1 aromatic carbocycles. The molecule has 0 radical (unpaired) electrons. The molecule has 0 aliphatic carbocycles. The number of rotatable bonds is 9. The lowest BCUT2D eigenvalue weighted by atomic mass is 10.2. The molecule has 0 bridgehead atoms. The molecule has 152 valence electrons. The van der Waals surface area contributed by atoms with E-state index in [-0.39, 0.29) is 6.04 Å². The van der Waals surface area contributed by atoms with Crippen molar-refractivity contribution in [2.75, 3.05) is 46.4 Å². The predicted molar refractivity (Wildman–Crippen MR) is 101 cm³/mol. The van der Waals surface area contributed by atoms with E-state index in [1.54, 1.807) is 7.05 Å². The van der Waals surface area contributed by atoms with E-state index in [4.69, 9.17) is 4.74 Å². The lowest BCUT2D eigenvalue weighted by Gasteiger charge is -2.19. The van der Waals surface area contributed by atoms with E-state index < -0.39 is 12.7 Å². The van der Waals surface area contributed by atoms with Crippen LogP contribution in [0.2, 0.25) is 0 Å². The molecule has 1 saturated heterocycles. The summed E-state index contributed by atoms with van der Waals surface area (Å²) in [6, 6.07) is 10.2. The highest BCUT2D eigenvalue weighted by Gasteiger charge is 2.34. The van der Waals surface area contributed by atoms with Crippen LogP contribution in [0.4, 0.5) is 13.2 Å². The number of likely N-dealkylation sites (tertiary alicyclic amines) is 1. The molecule has 5 nitrogen and oxygen atoms in total. The van der Waals surface area contributed by atoms with Gasteiger partial charge in [0.05, 0.1) is 13.2 Å². The third-order valence-corrected chi connectivity index (χ3v) is 4.38. The van der Waals surface area contributed by atoms with E-state index in [9.17, 15) is 13.2 Å². The Bertz CT molecular complexity index is 566. The van der Waals surface area contributed by atoms with Gasteiger partial charge in [0.25, 0.3) is 0 Å². The van der Waals surface area contributed by atoms with E-state index in [1.165, 1.54) is 10.5 Å². The first kappa shape index (κ1) is 21.5. The molecule has 0 spiro atoms. The third-order valence-electron chi connectivity index (χ3n) is 4.38. The molecule has 1 aliphatic rings. The number of hydrogen-bond acceptors (Lipinski definition) is 3. The number of hydrogen-bond donors (Lipinski definition) is 2. The van der Waals surface area contributed by atoms with Crippen molar-refractivity contribution in [1.82, 2.24) is 15.5 Å². The Morgan fingerprint density at radius 3 is 2.74 bits per heavy atom. The van der Waals surface area contributed by atoms with Crippen LogP contribution in [0, 0.1) is 0 Å². The Morgan fingerprint density at radius 2 is 2.04 bits per heavy atom. The summed E-state index contributed by atoms with van der Waals surface area (Å²) in [6.07, 6.45) is -1.73. The van der Waals surface area contributed by atoms with Gasteiger partial charge in [-0.25, -0.2) is 0 Å². The summed E-state index contributed by atoms with van der Waals surface area (Å²) in [7, 11) is 1.66. The number of halogens is 3. The fraction of sp³-hybridized carbons (Fsp3) is 0.632. The van der Waals surface area contributed by atoms with E-state index in [0.717, 1.165) is 12.8 Å². The Labute approximate surface area is 159 Å². The summed E-state index contributed by atoms with van der Waals surface area (Å²) in [6.45, 7) is 2.02. The van der Waals surface area contributed by atoms with Crippen molar-refractivity contribution in [2.24, 2.45) is 4.99 Å². The summed E-state index contributed by atoms with van der Waals surface area (Å²) in [4.78, 5) is 5.56. The van der Waals surface area contributed by atoms with Crippen molar-refractivity contribution in [2.45, 2.75) is 31.5 Å². The van der Waals surface area contributed by atoms with Crippen LogP contribution in [-0.4, -0.2) is 69.5 Å². The van der Waals surface area contributed by atoms with E-state index in [0.29, 0.717) is 45.2 Å². The predicted octanol–water partition coefficient (Wildman–Crippen LogP) is 2.44. The zero-order valence-corrected chi connectivity index (χ0v) is 15.8. The minimum Gasteiger partial charge on any atom is -0.381 e. The largest absolute Gasteiger partial charge is 0.401 e. The summed E-state index contributed by atoms with van der Waals surface area (Å²) >= 11 is 0. The van der Waals surface area contributed by atoms with Crippen LogP contribution >= 0.6 is 0 Å². The van der Waals surface area contributed by atoms with Crippen LogP contribution in [0.3, 0.4) is 0 Å². The highest BCUT2D eigenvalue weighted by Crippen LogP contribution is 2.19. The SMILES string of the molecule is CN=C(NCCCOCCc1ccccc1)NC1CCN(CC(F)(F)F)C1. The summed E-state index contributed by atoms with van der Waals surface area (Å²) < 4.78 is 43.0. The molecule has 0 aromatic heterocycles. The average molecular weight is 386 g/mol. The molecule has 2 rings (SSSR count). The number of alkyl halides is 3. The van der Waals surface area contributed by atoms with E-state index >= 15 is 0 Å². The van der Waals surface area contributed by atoms with E-state index in [2.05, 4.69) is 27.8 Å². The number of benzene rings is 1. The molecule has 1 atom stereocenters. The standard InChI is InChI=1S/C19H29F3N4O/c1-23-18(25-17-8-11-26(14-17)15-19(20,21)22)24-10-5-12-27-13-9-16-6-3-2-4-7-16/h2-4,6-7,17H,5,8-15H2,1H3,(H2,23,24,25). The molecule has 1 heterocycles. The summed E-state index contributed by atoms with van der Waals surface area (Å²) in [5, 5.41) is 6.38. The quantitative estimate of drug-likeness (QED) is 0.389. The molecule has 27 heavy (non-hydrogen) atoms. The van der Waals surface area contributed by atoms with Gasteiger partial charge in [0.15, 0.2) is 5.96 Å². The molecule has 0 saturated carbocycles. The molecule has 1 aliphatic heterocycles. The van der Waals surface area contributed by atoms with Crippen molar-refractivity contribution >= 4 is 5.96 Å². The maximum Gasteiger partial charge on any atom is 0.401 e. The fourth-order valence-electron chi connectivity index (χ4n) is 3.05. The first-order valence-corrected chi connectivity index (χ1v) is 9.34. The second-order valence-electron chi connectivity index (χ2n) is 6.68. The van der Waals surface area contributed by atoms with Crippen molar-refractivity contribution < 1.29 is 17.9 Å². The summed E-state index contributed by atoms with van der Waals surface area (Å²) in [5.74, 6) is 0.623. The van der Waals surface area contributed by atoms with Gasteiger partial charge in [0.2, 0.25) is 0 Å². The maximum atomic E-state index is 12.4. The number of aliphatic imine (C=N–C) groups is 1. The highest BCUT2D eigenvalue weighted by molar-refractivity contribution is 5.79. The van der Waals surface area contributed by atoms with Gasteiger partial charge in [-0.3, -0.25) is 9.89 Å². The fourth-order valence-corrected chi connectivity index (χ4v) is 3.05. The molecular formula is C19H29F3N4O. The lowest BCUT2D eigenvalue weighted by Crippen LogP contribution is -2.45. The number of ether oxygens (including phenoxy) is 1. The lowest BCUT2D eigenvalue weighted by molar-refractivity contribution is -0.143. The molecule has 1 fully saturated rings. The van der Waals surface area contributed by atoms with Gasteiger partial charge in [-0.2, -0.15) is 13.2 Å². The minimum absolute atomic E-state index is 0.0133. The summed E-state index contributed by atoms with van der Waals surface area (Å²) in [5.41, 5.74) is 1.26. The average Bonchev–Trinajstić information content (AvgIpc) is 3.05. The van der Waals surface area contributed by atoms with Gasteiger partial charge in [0, 0.05) is 39.3 Å². The second kappa shape index (κ2) is 11.1. The highest BCUT2D eigenvalue weighted by atomic mass is 19.4. The van der Waals surface area contributed by atoms with Gasteiger partial charge in [0.1, 0.15) is 0 Å². The molecule has 2 N–H and O–H groups in total. The molecule has 8 heteroatoms. The Hall–Kier alpha value is -1.80. The zero-order chi connectivity index (χ0) is 19.5. The van der Waals surface area contributed by atoms with Gasteiger partial charge in [-0.05, 0) is 24.8 Å². The minimum atomic E-state index is -4.14. The smallest absolute Gasteiger partial charge is 0.381 e. The monoisotopic (exact) mass is 386 g/mol. The number of guanidine groups is 1. The van der Waals surface area contributed by atoms with Gasteiger partial charge < -0.3 is 15.4 Å². The van der Waals surface area contributed by atoms with Crippen LogP contribution in [0.15, 0.2) is 35.3 Å². The maximum absolute atomic E-state index is 12.4. The van der Waals surface area contributed by atoms with Gasteiger partial charge in [-0.1, -0.05) is 30.3 Å². The van der Waals surface area contributed by atoms with Crippen molar-refractivity contribution in [1.29, 1.82) is 0 Å². The van der Waals surface area contributed by atoms with Crippen LogP contribution < -0.4 is 10.6 Å². The van der Waals surface area contributed by atoms with Crippen LogP contribution in [0.5, 0.6) is 0 Å².